The average molecular weight is 381 g/mol. The lowest BCUT2D eigenvalue weighted by Gasteiger charge is -2.25. The normalized spacial score (nSPS) is 22.4. The van der Waals surface area contributed by atoms with E-state index in [1.54, 1.807) is 20.9 Å². The van der Waals surface area contributed by atoms with Gasteiger partial charge in [0.2, 0.25) is 0 Å². The molecule has 6 nitrogen and oxygen atoms in total. The molecule has 1 aromatic carbocycles. The maximum absolute atomic E-state index is 11.9. The number of benzene rings is 1. The molecular formula is C19H32N4O2S. The van der Waals surface area contributed by atoms with Crippen LogP contribution >= 0.6 is 0 Å². The van der Waals surface area contributed by atoms with E-state index < -0.39 is 14.6 Å². The summed E-state index contributed by atoms with van der Waals surface area (Å²) < 4.78 is 22.9. The number of nitrogens with one attached hydrogen (secondary N) is 2. The molecule has 0 radical (unpaired) electrons. The van der Waals surface area contributed by atoms with E-state index in [0.29, 0.717) is 24.6 Å². The molecule has 0 amide bonds. The third-order valence-corrected chi connectivity index (χ3v) is 7.33. The van der Waals surface area contributed by atoms with Crippen LogP contribution in [-0.2, 0) is 16.4 Å². The molecule has 0 bridgehead atoms. The maximum atomic E-state index is 11.9. The summed E-state index contributed by atoms with van der Waals surface area (Å²) in [6, 6.07) is 11.3. The summed E-state index contributed by atoms with van der Waals surface area (Å²) in [5.41, 5.74) is 1.32. The number of likely N-dealkylation sites (tertiary alicyclic amines) is 1. The number of aliphatic imine (C=N–C) groups is 1. The zero-order valence-corrected chi connectivity index (χ0v) is 17.3. The molecule has 1 saturated heterocycles. The fourth-order valence-electron chi connectivity index (χ4n) is 3.06. The molecule has 1 heterocycles. The van der Waals surface area contributed by atoms with Gasteiger partial charge in [-0.2, -0.15) is 0 Å². The van der Waals surface area contributed by atoms with Crippen molar-refractivity contribution in [1.82, 2.24) is 15.5 Å². The Morgan fingerprint density at radius 3 is 2.54 bits per heavy atom. The molecule has 0 spiro atoms. The van der Waals surface area contributed by atoms with E-state index in [1.807, 2.05) is 6.07 Å². The smallest absolute Gasteiger partial charge is 0.191 e. The van der Waals surface area contributed by atoms with E-state index in [1.165, 1.54) is 11.8 Å². The van der Waals surface area contributed by atoms with Crippen LogP contribution in [0.3, 0.4) is 0 Å². The van der Waals surface area contributed by atoms with E-state index in [4.69, 9.17) is 0 Å². The third-order valence-electron chi connectivity index (χ3n) is 5.18. The Hall–Kier alpha value is -1.60. The Balaban J connectivity index is 1.89. The summed E-state index contributed by atoms with van der Waals surface area (Å²) in [5.74, 6) is 0.653. The minimum atomic E-state index is -3.14. The van der Waals surface area contributed by atoms with Crippen LogP contribution in [0, 0.1) is 0 Å². The van der Waals surface area contributed by atoms with Gasteiger partial charge in [0, 0.05) is 45.0 Å². The average Bonchev–Trinajstić information content (AvgIpc) is 2.90. The van der Waals surface area contributed by atoms with Gasteiger partial charge >= 0.3 is 0 Å². The molecule has 2 unspecified atom stereocenters. The van der Waals surface area contributed by atoms with Crippen molar-refractivity contribution in [3.05, 3.63) is 35.9 Å². The van der Waals surface area contributed by atoms with Gasteiger partial charge in [-0.15, -0.1) is 0 Å². The van der Waals surface area contributed by atoms with Crippen LogP contribution in [0.5, 0.6) is 0 Å². The number of guanidine groups is 1. The van der Waals surface area contributed by atoms with Crippen LogP contribution in [0.2, 0.25) is 0 Å². The largest absolute Gasteiger partial charge is 0.355 e. The SMILES string of the molecule is CN=C(NCC(C)(C)S(C)(=O)=O)NC1CC(C)N(Cc2ccccc2)C1. The van der Waals surface area contributed by atoms with Crippen molar-refractivity contribution in [3.63, 3.8) is 0 Å². The Bertz CT molecular complexity index is 716. The predicted molar refractivity (Wildman–Crippen MR) is 108 cm³/mol. The van der Waals surface area contributed by atoms with Crippen molar-refractivity contribution in [1.29, 1.82) is 0 Å². The topological polar surface area (TPSA) is 73.8 Å². The zero-order valence-electron chi connectivity index (χ0n) is 16.5. The summed E-state index contributed by atoms with van der Waals surface area (Å²) in [4.78, 5) is 6.71. The van der Waals surface area contributed by atoms with Gasteiger partial charge in [-0.1, -0.05) is 30.3 Å². The molecule has 1 fully saturated rings. The first-order chi connectivity index (χ1) is 12.1. The van der Waals surface area contributed by atoms with Crippen LogP contribution < -0.4 is 10.6 Å². The lowest BCUT2D eigenvalue weighted by Crippen LogP contribution is -2.50. The first kappa shape index (κ1) is 20.7. The second-order valence-electron chi connectivity index (χ2n) is 7.80. The van der Waals surface area contributed by atoms with E-state index in [9.17, 15) is 8.42 Å². The molecule has 0 aromatic heterocycles. The Labute approximate surface area is 158 Å². The van der Waals surface area contributed by atoms with E-state index in [0.717, 1.165) is 19.5 Å². The van der Waals surface area contributed by atoms with Crippen molar-refractivity contribution < 1.29 is 8.42 Å². The van der Waals surface area contributed by atoms with Crippen LogP contribution in [0.4, 0.5) is 0 Å². The van der Waals surface area contributed by atoms with Gasteiger partial charge in [0.15, 0.2) is 15.8 Å². The monoisotopic (exact) mass is 380 g/mol. The molecule has 1 aliphatic heterocycles. The minimum Gasteiger partial charge on any atom is -0.355 e. The standard InChI is InChI=1S/C19H32N4O2S/c1-15-11-17(13-23(15)12-16-9-7-6-8-10-16)22-18(20-4)21-14-19(2,3)26(5,24)25/h6-10,15,17H,11-14H2,1-5H3,(H2,20,21,22). The highest BCUT2D eigenvalue weighted by Crippen LogP contribution is 2.20. The molecule has 0 aliphatic carbocycles. The van der Waals surface area contributed by atoms with Gasteiger partial charge < -0.3 is 10.6 Å². The number of sulfone groups is 1. The number of nitrogens with zero attached hydrogens (tertiary/aromatic N) is 2. The predicted octanol–water partition coefficient (Wildman–Crippen LogP) is 1.64. The number of rotatable bonds is 6. The van der Waals surface area contributed by atoms with E-state index >= 15 is 0 Å². The molecule has 1 aliphatic rings. The Morgan fingerprint density at radius 2 is 1.96 bits per heavy atom. The lowest BCUT2D eigenvalue weighted by atomic mass is 10.2. The first-order valence-electron chi connectivity index (χ1n) is 9.07. The fraction of sp³-hybridized carbons (Fsp3) is 0.632. The van der Waals surface area contributed by atoms with Gasteiger partial charge in [-0.25, -0.2) is 8.42 Å². The van der Waals surface area contributed by atoms with Gasteiger partial charge in [-0.3, -0.25) is 9.89 Å². The molecule has 0 saturated carbocycles. The molecule has 146 valence electrons. The van der Waals surface area contributed by atoms with Crippen LogP contribution in [-0.4, -0.2) is 62.5 Å². The summed E-state index contributed by atoms with van der Waals surface area (Å²) in [7, 11) is -1.43. The second kappa shape index (κ2) is 8.39. The van der Waals surface area contributed by atoms with Crippen molar-refractivity contribution in [3.8, 4) is 0 Å². The molecular weight excluding hydrogens is 348 g/mol. The van der Waals surface area contributed by atoms with Gasteiger partial charge in [0.1, 0.15) is 0 Å². The minimum absolute atomic E-state index is 0.293. The Morgan fingerprint density at radius 1 is 1.31 bits per heavy atom. The highest BCUT2D eigenvalue weighted by molar-refractivity contribution is 7.92. The molecule has 2 rings (SSSR count). The maximum Gasteiger partial charge on any atom is 0.191 e. The van der Waals surface area contributed by atoms with Gasteiger partial charge in [0.25, 0.3) is 0 Å². The second-order valence-corrected chi connectivity index (χ2v) is 10.4. The first-order valence-corrected chi connectivity index (χ1v) is 11.0. The molecule has 2 N–H and O–H groups in total. The number of hydrogen-bond donors (Lipinski definition) is 2. The highest BCUT2D eigenvalue weighted by Gasteiger charge is 2.32. The third kappa shape index (κ3) is 5.45. The van der Waals surface area contributed by atoms with Crippen molar-refractivity contribution in [2.45, 2.75) is 50.6 Å². The van der Waals surface area contributed by atoms with Crippen LogP contribution in [0.25, 0.3) is 0 Å². The van der Waals surface area contributed by atoms with E-state index in [2.05, 4.69) is 51.7 Å². The highest BCUT2D eigenvalue weighted by atomic mass is 32.2. The fourth-order valence-corrected chi connectivity index (χ4v) is 3.39. The van der Waals surface area contributed by atoms with Crippen LogP contribution in [0.15, 0.2) is 35.3 Å². The number of hydrogen-bond acceptors (Lipinski definition) is 4. The van der Waals surface area contributed by atoms with E-state index in [-0.39, 0.29) is 0 Å². The molecule has 2 atom stereocenters. The summed E-state index contributed by atoms with van der Waals surface area (Å²) >= 11 is 0. The Kier molecular flexibility index (Phi) is 6.69. The van der Waals surface area contributed by atoms with Crippen molar-refractivity contribution >= 4 is 15.8 Å². The summed E-state index contributed by atoms with van der Waals surface area (Å²) in [5, 5.41) is 6.60. The van der Waals surface area contributed by atoms with Gasteiger partial charge in [-0.05, 0) is 32.8 Å². The molecule has 26 heavy (non-hydrogen) atoms. The quantitative estimate of drug-likeness (QED) is 0.580. The van der Waals surface area contributed by atoms with Crippen molar-refractivity contribution in [2.24, 2.45) is 4.99 Å². The lowest BCUT2D eigenvalue weighted by molar-refractivity contribution is 0.258. The van der Waals surface area contributed by atoms with Crippen molar-refractivity contribution in [2.75, 3.05) is 26.4 Å². The summed E-state index contributed by atoms with van der Waals surface area (Å²) in [6.07, 6.45) is 2.30. The van der Waals surface area contributed by atoms with Gasteiger partial charge in [0.05, 0.1) is 4.75 Å². The molecule has 7 heteroatoms. The van der Waals surface area contributed by atoms with Crippen LogP contribution in [0.1, 0.15) is 32.8 Å². The molecule has 1 aromatic rings. The zero-order chi connectivity index (χ0) is 19.4. The summed E-state index contributed by atoms with van der Waals surface area (Å²) in [6.45, 7) is 7.89.